The van der Waals surface area contributed by atoms with E-state index in [2.05, 4.69) is 20.9 Å². The van der Waals surface area contributed by atoms with Gasteiger partial charge in [0.05, 0.1) is 18.2 Å². The molecule has 1 rings (SSSR count). The number of carbonyl (C=O) groups is 7. The molecule has 0 radical (unpaired) electrons. The quantitative estimate of drug-likeness (QED) is 0.0385. The van der Waals surface area contributed by atoms with E-state index in [1.165, 1.54) is 20.9 Å². The van der Waals surface area contributed by atoms with Crippen LogP contribution in [0.1, 0.15) is 66.2 Å². The first kappa shape index (κ1) is 37.7. The first-order valence-electron chi connectivity index (χ1n) is 14.3. The lowest BCUT2D eigenvalue weighted by Gasteiger charge is -2.33. The van der Waals surface area contributed by atoms with Crippen molar-refractivity contribution in [1.82, 2.24) is 20.9 Å². The van der Waals surface area contributed by atoms with Gasteiger partial charge in [0.15, 0.2) is 11.7 Å². The van der Waals surface area contributed by atoms with Gasteiger partial charge >= 0.3 is 6.09 Å². The second-order valence-electron chi connectivity index (χ2n) is 11.4. The number of hydrogen-bond donors (Lipinski definition) is 7. The van der Waals surface area contributed by atoms with E-state index >= 15 is 0 Å². The molecule has 0 bridgehead atoms. The van der Waals surface area contributed by atoms with Crippen LogP contribution in [0.2, 0.25) is 0 Å². The Labute approximate surface area is 256 Å². The van der Waals surface area contributed by atoms with E-state index in [1.54, 1.807) is 13.8 Å². The minimum Gasteiger partial charge on any atom is -0.447 e. The number of nitrogens with zero attached hydrogens (tertiary/aromatic N) is 2. The summed E-state index contributed by atoms with van der Waals surface area (Å²) in [6.45, 7) is 5.99. The van der Waals surface area contributed by atoms with Crippen LogP contribution in [0.15, 0.2) is 4.99 Å². The normalized spacial score (nSPS) is 17.7. The second kappa shape index (κ2) is 17.1. The van der Waals surface area contributed by atoms with Crippen molar-refractivity contribution in [3.05, 3.63) is 0 Å². The third-order valence-electron chi connectivity index (χ3n) is 6.83. The lowest BCUT2D eigenvalue weighted by molar-refractivity contribution is -0.145. The number of aliphatic hydroxyl groups excluding tert-OH is 1. The number of likely N-dealkylation sites (tertiary alicyclic amines) is 1. The minimum atomic E-state index is -1.57. The number of rotatable bonds is 17. The Kier molecular flexibility index (Phi) is 14.7. The number of nitrogens with two attached hydrogens (primary N) is 3. The first-order valence-corrected chi connectivity index (χ1v) is 14.3. The molecule has 4 atom stereocenters. The smallest absolute Gasteiger partial charge is 0.407 e. The molecule has 1 aliphatic heterocycles. The lowest BCUT2D eigenvalue weighted by atomic mass is 9.90. The van der Waals surface area contributed by atoms with Gasteiger partial charge in [-0.3, -0.25) is 33.8 Å². The van der Waals surface area contributed by atoms with Gasteiger partial charge in [0.2, 0.25) is 23.5 Å². The van der Waals surface area contributed by atoms with Crippen LogP contribution in [0.5, 0.6) is 0 Å². The van der Waals surface area contributed by atoms with Crippen molar-refractivity contribution in [2.45, 2.75) is 96.1 Å². The largest absolute Gasteiger partial charge is 0.447 e. The zero-order valence-electron chi connectivity index (χ0n) is 25.9. The summed E-state index contributed by atoms with van der Waals surface area (Å²) in [6.07, 6.45) is -3.13. The Morgan fingerprint density at radius 1 is 1.07 bits per heavy atom. The molecule has 1 saturated heterocycles. The zero-order chi connectivity index (χ0) is 33.8. The highest BCUT2D eigenvalue weighted by molar-refractivity contribution is 6.36. The summed E-state index contributed by atoms with van der Waals surface area (Å²) in [7, 11) is 1.28. The maximum Gasteiger partial charge on any atom is 0.407 e. The van der Waals surface area contributed by atoms with Crippen molar-refractivity contribution in [2.75, 3.05) is 20.1 Å². The van der Waals surface area contributed by atoms with Crippen LogP contribution in [0.3, 0.4) is 0 Å². The van der Waals surface area contributed by atoms with Crippen LogP contribution in [-0.4, -0.2) is 107 Å². The van der Waals surface area contributed by atoms with Gasteiger partial charge in [-0.15, -0.1) is 0 Å². The summed E-state index contributed by atoms with van der Waals surface area (Å²) < 4.78 is 5.06. The summed E-state index contributed by atoms with van der Waals surface area (Å²) in [4.78, 5) is 93.3. The number of carbonyl (C=O) groups excluding carboxylic acids is 7. The molecule has 248 valence electrons. The van der Waals surface area contributed by atoms with E-state index in [0.717, 1.165) is 4.90 Å². The summed E-state index contributed by atoms with van der Waals surface area (Å²) in [5.41, 5.74) is 14.6. The van der Waals surface area contributed by atoms with E-state index in [-0.39, 0.29) is 51.2 Å². The molecule has 0 saturated carbocycles. The van der Waals surface area contributed by atoms with Crippen LogP contribution in [0.25, 0.3) is 0 Å². The number of Topliss-reactive ketones (excluding diaryl/α,β-unsaturated/α-hetero) is 2. The molecular weight excluding hydrogens is 580 g/mol. The molecule has 17 heteroatoms. The number of ketones is 2. The zero-order valence-corrected chi connectivity index (χ0v) is 25.9. The summed E-state index contributed by atoms with van der Waals surface area (Å²) in [6, 6.07) is -2.33. The summed E-state index contributed by atoms with van der Waals surface area (Å²) in [5, 5.41) is 17.2. The molecule has 0 aromatic rings. The molecule has 5 amide bonds. The highest BCUT2D eigenvalue weighted by Gasteiger charge is 2.44. The molecule has 44 heavy (non-hydrogen) atoms. The Hall–Kier alpha value is -4.28. The predicted octanol–water partition coefficient (Wildman–Crippen LogP) is -2.44. The molecule has 0 unspecified atom stereocenters. The topological polar surface area (TPSA) is 279 Å². The van der Waals surface area contributed by atoms with Gasteiger partial charge in [0.1, 0.15) is 11.6 Å². The maximum absolute atomic E-state index is 13.5. The fourth-order valence-electron chi connectivity index (χ4n) is 4.62. The molecule has 17 nitrogen and oxygen atoms in total. The highest BCUT2D eigenvalue weighted by atomic mass is 16.6. The Morgan fingerprint density at radius 2 is 1.70 bits per heavy atom. The number of likely N-dealkylation sites (N-methyl/N-ethyl adjacent to an activating group) is 1. The van der Waals surface area contributed by atoms with Crippen molar-refractivity contribution in [3.8, 4) is 0 Å². The number of alkyl carbamates (subject to hydrolysis) is 1. The standard InChI is InChI=1S/C27H46N8O9/c1-14(2)44-26(43)33-17(8-9-19(37)23(41)31-5)20(38)11-15(7-6-10-32-25(29)30)22(40)34-27(3,4)24(42)35-13-16(36)12-18(35)21(28)39/h14-18,36H,6-13H2,1-5H3,(H2,28,39)(H,31,41)(H,33,43)(H,34,40)(H4,29,30,32)/t15-,16-,17+,18+/m1/s1. The molecule has 0 aliphatic carbocycles. The first-order chi connectivity index (χ1) is 20.4. The number of nitrogens with one attached hydrogen (secondary N) is 3. The van der Waals surface area contributed by atoms with Crippen LogP contribution >= 0.6 is 0 Å². The van der Waals surface area contributed by atoms with Gasteiger partial charge in [-0.2, -0.15) is 0 Å². The van der Waals surface area contributed by atoms with Gasteiger partial charge < -0.3 is 47.9 Å². The predicted molar refractivity (Wildman–Crippen MR) is 157 cm³/mol. The Morgan fingerprint density at radius 3 is 2.25 bits per heavy atom. The molecule has 0 aromatic carbocycles. The van der Waals surface area contributed by atoms with Gasteiger partial charge in [-0.25, -0.2) is 4.79 Å². The number of ether oxygens (including phenoxy) is 1. The van der Waals surface area contributed by atoms with Crippen molar-refractivity contribution in [3.63, 3.8) is 0 Å². The number of β-amino-alcohol motifs (C(OH)–C–C–N with tert-alkyl or cyclic N) is 1. The fraction of sp³-hybridized carbons (Fsp3) is 0.704. The van der Waals surface area contributed by atoms with Crippen molar-refractivity contribution >= 4 is 47.2 Å². The van der Waals surface area contributed by atoms with E-state index in [9.17, 15) is 38.7 Å². The van der Waals surface area contributed by atoms with Crippen LogP contribution in [-0.2, 0) is 33.5 Å². The SMILES string of the molecule is CNC(=O)C(=O)CC[C@H](NC(=O)OC(C)C)C(=O)C[C@@H](CCCN=C(N)N)C(=O)NC(C)(C)C(=O)N1C[C@H](O)C[C@H]1C(N)=O. The monoisotopic (exact) mass is 626 g/mol. The highest BCUT2D eigenvalue weighted by Crippen LogP contribution is 2.23. The average molecular weight is 627 g/mol. The Bertz CT molecular complexity index is 1120. The number of hydrogen-bond acceptors (Lipinski definition) is 10. The third-order valence-corrected chi connectivity index (χ3v) is 6.83. The van der Waals surface area contributed by atoms with Crippen molar-refractivity contribution < 1.29 is 43.4 Å². The number of aliphatic imine (C=N–C) groups is 1. The second-order valence-corrected chi connectivity index (χ2v) is 11.4. The van der Waals surface area contributed by atoms with E-state index in [4.69, 9.17) is 21.9 Å². The molecule has 10 N–H and O–H groups in total. The van der Waals surface area contributed by atoms with E-state index < -0.39 is 83.5 Å². The summed E-state index contributed by atoms with van der Waals surface area (Å²) in [5.74, 6) is -5.67. The minimum absolute atomic E-state index is 0.0386. The number of amides is 5. The maximum atomic E-state index is 13.5. The van der Waals surface area contributed by atoms with E-state index in [0.29, 0.717) is 0 Å². The average Bonchev–Trinajstić information content (AvgIpc) is 3.32. The molecule has 1 heterocycles. The summed E-state index contributed by atoms with van der Waals surface area (Å²) >= 11 is 0. The van der Waals surface area contributed by atoms with Gasteiger partial charge in [-0.1, -0.05) is 0 Å². The van der Waals surface area contributed by atoms with Gasteiger partial charge in [-0.05, 0) is 47.0 Å². The Balaban J connectivity index is 3.20. The van der Waals surface area contributed by atoms with E-state index in [1.807, 2.05) is 0 Å². The van der Waals surface area contributed by atoms with Gasteiger partial charge in [0.25, 0.3) is 5.91 Å². The molecule has 0 spiro atoms. The molecule has 0 aromatic heterocycles. The molecular formula is C27H46N8O9. The van der Waals surface area contributed by atoms with Crippen LogP contribution in [0, 0.1) is 5.92 Å². The van der Waals surface area contributed by atoms with Crippen molar-refractivity contribution in [2.24, 2.45) is 28.1 Å². The number of aliphatic hydroxyl groups is 1. The van der Waals surface area contributed by atoms with Crippen LogP contribution in [0.4, 0.5) is 4.79 Å². The van der Waals surface area contributed by atoms with Crippen LogP contribution < -0.4 is 33.2 Å². The lowest BCUT2D eigenvalue weighted by Crippen LogP contribution is -2.59. The molecule has 1 fully saturated rings. The molecule has 1 aliphatic rings. The third kappa shape index (κ3) is 12.1. The fourth-order valence-corrected chi connectivity index (χ4v) is 4.62. The number of primary amides is 1. The van der Waals surface area contributed by atoms with Crippen molar-refractivity contribution in [1.29, 1.82) is 0 Å². The van der Waals surface area contributed by atoms with Gasteiger partial charge in [0, 0.05) is 45.3 Å². The number of guanidine groups is 1.